The van der Waals surface area contributed by atoms with Crippen LogP contribution in [0.2, 0.25) is 5.15 Å². The molecule has 0 aliphatic rings. The van der Waals surface area contributed by atoms with E-state index < -0.39 is 5.60 Å². The molecular weight excluding hydrogens is 228 g/mol. The van der Waals surface area contributed by atoms with Gasteiger partial charge in [0.05, 0.1) is 18.0 Å². The first-order chi connectivity index (χ1) is 7.39. The molecule has 1 unspecified atom stereocenters. The van der Waals surface area contributed by atoms with E-state index in [2.05, 4.69) is 15.3 Å². The summed E-state index contributed by atoms with van der Waals surface area (Å²) in [5, 5.41) is 13.4. The van der Waals surface area contributed by atoms with Crippen LogP contribution in [-0.2, 0) is 0 Å². The van der Waals surface area contributed by atoms with Gasteiger partial charge < -0.3 is 15.3 Å². The molecule has 1 aromatic heterocycles. The van der Waals surface area contributed by atoms with E-state index >= 15 is 0 Å². The van der Waals surface area contributed by atoms with Crippen LogP contribution in [0, 0.1) is 0 Å². The Morgan fingerprint density at radius 3 is 2.75 bits per heavy atom. The number of rotatable bonds is 5. The number of nitrogens with zero attached hydrogens (tertiary/aromatic N) is 3. The standard InChI is InChI=1S/C10H17ClN4O/c1-10(16,7-15(2)3)6-13-9-5-12-4-8(11)14-9/h4-5,16H,6-7H2,1-3H3,(H,13,14). The van der Waals surface area contributed by atoms with Crippen molar-refractivity contribution in [3.8, 4) is 0 Å². The molecule has 0 aliphatic heterocycles. The number of likely N-dealkylation sites (N-methyl/N-ethyl adjacent to an activating group) is 1. The molecule has 0 radical (unpaired) electrons. The van der Waals surface area contributed by atoms with Crippen LogP contribution in [0.25, 0.3) is 0 Å². The average molecular weight is 245 g/mol. The van der Waals surface area contributed by atoms with Gasteiger partial charge in [-0.15, -0.1) is 0 Å². The van der Waals surface area contributed by atoms with Gasteiger partial charge in [-0.1, -0.05) is 11.6 Å². The van der Waals surface area contributed by atoms with Crippen LogP contribution in [0.3, 0.4) is 0 Å². The number of aromatic nitrogens is 2. The van der Waals surface area contributed by atoms with Gasteiger partial charge in [-0.2, -0.15) is 0 Å². The van der Waals surface area contributed by atoms with Crippen LogP contribution in [-0.4, -0.2) is 52.8 Å². The number of nitrogens with one attached hydrogen (secondary N) is 1. The van der Waals surface area contributed by atoms with Gasteiger partial charge >= 0.3 is 0 Å². The summed E-state index contributed by atoms with van der Waals surface area (Å²) in [5.74, 6) is 0.562. The van der Waals surface area contributed by atoms with Crippen molar-refractivity contribution in [3.05, 3.63) is 17.5 Å². The summed E-state index contributed by atoms with van der Waals surface area (Å²) in [7, 11) is 3.82. The van der Waals surface area contributed by atoms with Gasteiger partial charge in [0.25, 0.3) is 0 Å². The lowest BCUT2D eigenvalue weighted by atomic mass is 10.1. The number of halogens is 1. The normalized spacial score (nSPS) is 14.9. The Balaban J connectivity index is 2.50. The molecule has 6 heteroatoms. The first-order valence-electron chi connectivity index (χ1n) is 4.97. The molecule has 5 nitrogen and oxygen atoms in total. The van der Waals surface area contributed by atoms with E-state index in [1.54, 1.807) is 13.1 Å². The van der Waals surface area contributed by atoms with Crippen molar-refractivity contribution in [2.45, 2.75) is 12.5 Å². The second kappa shape index (κ2) is 5.43. The smallest absolute Gasteiger partial charge is 0.149 e. The summed E-state index contributed by atoms with van der Waals surface area (Å²) in [6, 6.07) is 0. The van der Waals surface area contributed by atoms with Crippen molar-refractivity contribution in [2.75, 3.05) is 32.5 Å². The molecule has 1 heterocycles. The van der Waals surface area contributed by atoms with E-state index in [4.69, 9.17) is 11.6 Å². The minimum atomic E-state index is -0.826. The third-order valence-electron chi connectivity index (χ3n) is 1.91. The fourth-order valence-corrected chi connectivity index (χ4v) is 1.59. The fraction of sp³-hybridized carbons (Fsp3) is 0.600. The second-order valence-electron chi connectivity index (χ2n) is 4.32. The number of hydrogen-bond acceptors (Lipinski definition) is 5. The minimum absolute atomic E-state index is 0.331. The van der Waals surface area contributed by atoms with Gasteiger partial charge in [0.2, 0.25) is 0 Å². The molecule has 0 bridgehead atoms. The number of anilines is 1. The topological polar surface area (TPSA) is 61.3 Å². The summed E-state index contributed by atoms with van der Waals surface area (Å²) >= 11 is 5.69. The van der Waals surface area contributed by atoms with E-state index in [-0.39, 0.29) is 0 Å². The highest BCUT2D eigenvalue weighted by molar-refractivity contribution is 6.29. The number of hydrogen-bond donors (Lipinski definition) is 2. The Morgan fingerprint density at radius 2 is 2.19 bits per heavy atom. The lowest BCUT2D eigenvalue weighted by Crippen LogP contribution is -2.43. The summed E-state index contributed by atoms with van der Waals surface area (Å²) in [5.41, 5.74) is -0.826. The molecule has 0 spiro atoms. The zero-order chi connectivity index (χ0) is 12.2. The van der Waals surface area contributed by atoms with Crippen LogP contribution >= 0.6 is 11.6 Å². The lowest BCUT2D eigenvalue weighted by Gasteiger charge is -2.27. The average Bonchev–Trinajstić information content (AvgIpc) is 2.13. The van der Waals surface area contributed by atoms with E-state index in [0.717, 1.165) is 0 Å². The maximum absolute atomic E-state index is 10.0. The van der Waals surface area contributed by atoms with Crippen LogP contribution in [0.5, 0.6) is 0 Å². The van der Waals surface area contributed by atoms with Crippen molar-refractivity contribution in [3.63, 3.8) is 0 Å². The van der Waals surface area contributed by atoms with Gasteiger partial charge in [0.15, 0.2) is 0 Å². The monoisotopic (exact) mass is 244 g/mol. The lowest BCUT2D eigenvalue weighted by molar-refractivity contribution is 0.0459. The van der Waals surface area contributed by atoms with Crippen molar-refractivity contribution >= 4 is 17.4 Å². The Labute approximate surface area is 100 Å². The predicted octanol–water partition coefficient (Wildman–Crippen LogP) is 0.854. The second-order valence-corrected chi connectivity index (χ2v) is 4.70. The van der Waals surface area contributed by atoms with E-state index in [9.17, 15) is 5.11 Å². The zero-order valence-electron chi connectivity index (χ0n) is 9.74. The minimum Gasteiger partial charge on any atom is -0.387 e. The Bertz CT molecular complexity index is 343. The molecule has 0 saturated carbocycles. The molecule has 90 valence electrons. The maximum atomic E-state index is 10.0. The van der Waals surface area contributed by atoms with Crippen LogP contribution < -0.4 is 5.32 Å². The molecular formula is C10H17ClN4O. The summed E-state index contributed by atoms with van der Waals surface area (Å²) in [6.45, 7) is 2.71. The van der Waals surface area contributed by atoms with Crippen molar-refractivity contribution in [2.24, 2.45) is 0 Å². The summed E-state index contributed by atoms with van der Waals surface area (Å²) < 4.78 is 0. The van der Waals surface area contributed by atoms with E-state index in [1.165, 1.54) is 6.20 Å². The largest absolute Gasteiger partial charge is 0.387 e. The first-order valence-corrected chi connectivity index (χ1v) is 5.35. The van der Waals surface area contributed by atoms with Gasteiger partial charge in [0, 0.05) is 13.1 Å². The van der Waals surface area contributed by atoms with Gasteiger partial charge in [-0.05, 0) is 21.0 Å². The number of aliphatic hydroxyl groups is 1. The van der Waals surface area contributed by atoms with Crippen LogP contribution in [0.15, 0.2) is 12.4 Å². The molecule has 1 atom stereocenters. The molecule has 16 heavy (non-hydrogen) atoms. The first kappa shape index (κ1) is 13.2. The SMILES string of the molecule is CN(C)CC(C)(O)CNc1cncc(Cl)n1. The van der Waals surface area contributed by atoms with Crippen molar-refractivity contribution in [1.82, 2.24) is 14.9 Å². The Morgan fingerprint density at radius 1 is 1.50 bits per heavy atom. The predicted molar refractivity (Wildman–Crippen MR) is 64.7 cm³/mol. The molecule has 0 saturated heterocycles. The van der Waals surface area contributed by atoms with E-state index in [0.29, 0.717) is 24.1 Å². The molecule has 0 aliphatic carbocycles. The highest BCUT2D eigenvalue weighted by Crippen LogP contribution is 2.09. The maximum Gasteiger partial charge on any atom is 0.149 e. The van der Waals surface area contributed by atoms with Crippen molar-refractivity contribution in [1.29, 1.82) is 0 Å². The van der Waals surface area contributed by atoms with Gasteiger partial charge in [-0.25, -0.2) is 4.98 Å². The van der Waals surface area contributed by atoms with Crippen LogP contribution in [0.4, 0.5) is 5.82 Å². The summed E-state index contributed by atoms with van der Waals surface area (Å²) in [4.78, 5) is 9.84. The zero-order valence-corrected chi connectivity index (χ0v) is 10.5. The molecule has 0 amide bonds. The Kier molecular flexibility index (Phi) is 4.46. The summed E-state index contributed by atoms with van der Waals surface area (Å²) in [6.07, 6.45) is 3.03. The Hall–Kier alpha value is -0.910. The van der Waals surface area contributed by atoms with Gasteiger partial charge in [0.1, 0.15) is 11.0 Å². The van der Waals surface area contributed by atoms with Crippen molar-refractivity contribution < 1.29 is 5.11 Å². The molecule has 2 N–H and O–H groups in total. The third kappa shape index (κ3) is 4.74. The highest BCUT2D eigenvalue weighted by atomic mass is 35.5. The van der Waals surface area contributed by atoms with E-state index in [1.807, 2.05) is 19.0 Å². The third-order valence-corrected chi connectivity index (χ3v) is 2.09. The quantitative estimate of drug-likeness (QED) is 0.804. The van der Waals surface area contributed by atoms with Crippen LogP contribution in [0.1, 0.15) is 6.92 Å². The molecule has 1 aromatic rings. The molecule has 1 rings (SSSR count). The van der Waals surface area contributed by atoms with Gasteiger partial charge in [-0.3, -0.25) is 4.98 Å². The highest BCUT2D eigenvalue weighted by Gasteiger charge is 2.21. The fourth-order valence-electron chi connectivity index (χ4n) is 1.45. The molecule has 0 fully saturated rings. The molecule has 0 aromatic carbocycles.